The number of nitrogens with two attached hydrogens (primary N) is 1. The lowest BCUT2D eigenvalue weighted by atomic mass is 10.2. The Morgan fingerprint density at radius 3 is 2.53 bits per heavy atom. The van der Waals surface area contributed by atoms with Crippen LogP contribution in [0.5, 0.6) is 5.75 Å². The number of morpholine rings is 1. The Hall–Kier alpha value is -2.64. The lowest BCUT2D eigenvalue weighted by Crippen LogP contribution is -2.38. The van der Waals surface area contributed by atoms with Crippen LogP contribution < -0.4 is 15.4 Å². The van der Waals surface area contributed by atoms with Gasteiger partial charge in [0.1, 0.15) is 24.0 Å². The lowest BCUT2D eigenvalue weighted by Gasteiger charge is -2.26. The molecule has 3 rings (SSSR count). The number of nitrogens with one attached hydrogen (secondary N) is 1. The highest BCUT2D eigenvalue weighted by molar-refractivity contribution is 5.76. The van der Waals surface area contributed by atoms with Gasteiger partial charge in [-0.05, 0) is 26.3 Å². The number of hydrogen-bond donors (Lipinski definition) is 2. The number of nitrogens with zero attached hydrogens (tertiary/aromatic N) is 3. The molecule has 1 aliphatic heterocycles. The highest BCUT2D eigenvalue weighted by Crippen LogP contribution is 2.22. The van der Waals surface area contributed by atoms with Crippen molar-refractivity contribution in [1.82, 2.24) is 9.88 Å². The summed E-state index contributed by atoms with van der Waals surface area (Å²) >= 11 is 0. The maximum Gasteiger partial charge on any atom is 0.134 e. The van der Waals surface area contributed by atoms with Crippen molar-refractivity contribution in [2.24, 2.45) is 0 Å². The average molecular weight is 414 g/mol. The molecule has 0 amide bonds. The summed E-state index contributed by atoms with van der Waals surface area (Å²) in [7, 11) is 0. The van der Waals surface area contributed by atoms with Crippen LogP contribution in [0.2, 0.25) is 0 Å². The van der Waals surface area contributed by atoms with Gasteiger partial charge in [-0.3, -0.25) is 4.90 Å². The molecule has 0 unspecified atom stereocenters. The minimum atomic E-state index is 0.501. The largest absolute Gasteiger partial charge is 0.492 e. The number of benzene rings is 1. The lowest BCUT2D eigenvalue weighted by molar-refractivity contribution is 0.0322. The van der Waals surface area contributed by atoms with Gasteiger partial charge < -0.3 is 25.5 Å². The number of aromatic nitrogens is 1. The number of ether oxygens (including phenoxy) is 2. The highest BCUT2D eigenvalue weighted by Gasteiger charge is 2.11. The van der Waals surface area contributed by atoms with E-state index >= 15 is 0 Å². The van der Waals surface area contributed by atoms with Crippen LogP contribution in [0.15, 0.2) is 36.4 Å². The molecule has 0 bridgehead atoms. The van der Waals surface area contributed by atoms with Gasteiger partial charge >= 0.3 is 0 Å². The van der Waals surface area contributed by atoms with Gasteiger partial charge in [-0.1, -0.05) is 29.8 Å². The molecular formula is C23H35N5O2. The van der Waals surface area contributed by atoms with Gasteiger partial charge in [0, 0.05) is 51.1 Å². The Kier molecular flexibility index (Phi) is 10.1. The zero-order valence-electron chi connectivity index (χ0n) is 18.4. The van der Waals surface area contributed by atoms with E-state index in [0.717, 1.165) is 63.1 Å². The Balaban J connectivity index is 0.000000297. The highest BCUT2D eigenvalue weighted by atomic mass is 16.5. The maximum atomic E-state index is 6.92. The average Bonchev–Trinajstić information content (AvgIpc) is 2.75. The third-order valence-electron chi connectivity index (χ3n) is 4.88. The molecule has 0 aliphatic carbocycles. The van der Waals surface area contributed by atoms with Crippen molar-refractivity contribution in [3.63, 3.8) is 0 Å². The summed E-state index contributed by atoms with van der Waals surface area (Å²) in [5.74, 6) is 2.17. The van der Waals surface area contributed by atoms with E-state index in [1.165, 1.54) is 11.8 Å². The van der Waals surface area contributed by atoms with Gasteiger partial charge in [-0.15, -0.1) is 0 Å². The SMILES string of the molecule is CCN(CC)c1cc(OCCN2CCOCC2)cc(N)n1.Cc1cccc(C=N)c1. The van der Waals surface area contributed by atoms with Gasteiger partial charge in [-0.2, -0.15) is 0 Å². The first-order chi connectivity index (χ1) is 14.5. The molecule has 1 saturated heterocycles. The molecule has 2 aromatic rings. The van der Waals surface area contributed by atoms with Crippen molar-refractivity contribution in [3.05, 3.63) is 47.5 Å². The van der Waals surface area contributed by atoms with Crippen LogP contribution in [0.1, 0.15) is 25.0 Å². The van der Waals surface area contributed by atoms with Crippen LogP contribution in [0.4, 0.5) is 11.6 Å². The summed E-state index contributed by atoms with van der Waals surface area (Å²) in [6.07, 6.45) is 1.35. The number of hydrogen-bond acceptors (Lipinski definition) is 7. The standard InChI is InChI=1S/C15H26N4O2.C8H9N/c1-3-19(4-2)15-12-13(11-14(16)17-15)21-10-7-18-5-8-20-9-6-18;1-7-3-2-4-8(5-7)6-9/h11-12H,3-10H2,1-2H3,(H2,16,17);2-6,9H,1H3. The molecule has 7 heteroatoms. The van der Waals surface area contributed by atoms with Crippen LogP contribution in [-0.2, 0) is 4.74 Å². The van der Waals surface area contributed by atoms with E-state index in [1.807, 2.05) is 37.3 Å². The second-order valence-corrected chi connectivity index (χ2v) is 7.12. The summed E-state index contributed by atoms with van der Waals surface area (Å²) in [5.41, 5.74) is 8.05. The molecule has 30 heavy (non-hydrogen) atoms. The van der Waals surface area contributed by atoms with E-state index in [-0.39, 0.29) is 0 Å². The molecule has 7 nitrogen and oxygen atoms in total. The smallest absolute Gasteiger partial charge is 0.134 e. The van der Waals surface area contributed by atoms with Gasteiger partial charge in [-0.25, -0.2) is 4.98 Å². The molecular weight excluding hydrogens is 378 g/mol. The third kappa shape index (κ3) is 8.00. The zero-order valence-corrected chi connectivity index (χ0v) is 18.4. The molecule has 2 heterocycles. The molecule has 1 aliphatic rings. The number of aryl methyl sites for hydroxylation is 1. The van der Waals surface area contributed by atoms with Gasteiger partial charge in [0.2, 0.25) is 0 Å². The fourth-order valence-electron chi connectivity index (χ4n) is 3.18. The quantitative estimate of drug-likeness (QED) is 0.646. The van der Waals surface area contributed by atoms with Crippen molar-refractivity contribution >= 4 is 17.9 Å². The molecule has 0 radical (unpaired) electrons. The number of nitrogen functional groups attached to an aromatic ring is 1. The van der Waals surface area contributed by atoms with E-state index in [9.17, 15) is 0 Å². The van der Waals surface area contributed by atoms with Gasteiger partial charge in [0.15, 0.2) is 0 Å². The maximum absolute atomic E-state index is 6.92. The predicted molar refractivity (Wildman–Crippen MR) is 124 cm³/mol. The number of rotatable bonds is 8. The summed E-state index contributed by atoms with van der Waals surface area (Å²) in [4.78, 5) is 8.88. The van der Waals surface area contributed by atoms with E-state index < -0.39 is 0 Å². The van der Waals surface area contributed by atoms with Gasteiger partial charge in [0.05, 0.1) is 13.2 Å². The second kappa shape index (κ2) is 12.8. The second-order valence-electron chi connectivity index (χ2n) is 7.12. The van der Waals surface area contributed by atoms with Crippen LogP contribution in [0, 0.1) is 12.3 Å². The molecule has 0 atom stereocenters. The molecule has 0 spiro atoms. The summed E-state index contributed by atoms with van der Waals surface area (Å²) in [6.45, 7) is 13.2. The van der Waals surface area contributed by atoms with Crippen molar-refractivity contribution in [3.8, 4) is 5.75 Å². The Bertz CT molecular complexity index is 774. The first-order valence-electron chi connectivity index (χ1n) is 10.6. The summed E-state index contributed by atoms with van der Waals surface area (Å²) < 4.78 is 11.2. The Morgan fingerprint density at radius 1 is 1.20 bits per heavy atom. The van der Waals surface area contributed by atoms with Crippen LogP contribution in [0.25, 0.3) is 0 Å². The fraction of sp³-hybridized carbons (Fsp3) is 0.478. The Morgan fingerprint density at radius 2 is 1.93 bits per heavy atom. The van der Waals surface area contributed by atoms with E-state index in [2.05, 4.69) is 28.6 Å². The zero-order chi connectivity index (χ0) is 21.8. The van der Waals surface area contributed by atoms with Crippen molar-refractivity contribution < 1.29 is 9.47 Å². The van der Waals surface area contributed by atoms with Crippen LogP contribution in [-0.4, -0.2) is 68.6 Å². The number of anilines is 2. The first-order valence-corrected chi connectivity index (χ1v) is 10.6. The molecule has 1 aromatic carbocycles. The van der Waals surface area contributed by atoms with Gasteiger partial charge in [0.25, 0.3) is 0 Å². The van der Waals surface area contributed by atoms with E-state index in [1.54, 1.807) is 6.07 Å². The van der Waals surface area contributed by atoms with Crippen molar-refractivity contribution in [2.75, 3.05) is 63.2 Å². The summed E-state index contributed by atoms with van der Waals surface area (Å²) in [6, 6.07) is 11.6. The van der Waals surface area contributed by atoms with E-state index in [0.29, 0.717) is 12.4 Å². The number of pyridine rings is 1. The van der Waals surface area contributed by atoms with Crippen molar-refractivity contribution in [2.45, 2.75) is 20.8 Å². The van der Waals surface area contributed by atoms with E-state index in [4.69, 9.17) is 20.6 Å². The minimum Gasteiger partial charge on any atom is -0.492 e. The topological polar surface area (TPSA) is 87.7 Å². The fourth-order valence-corrected chi connectivity index (χ4v) is 3.18. The summed E-state index contributed by atoms with van der Waals surface area (Å²) in [5, 5.41) is 6.92. The first kappa shape index (κ1) is 23.6. The normalized spacial score (nSPS) is 13.8. The molecule has 1 fully saturated rings. The third-order valence-corrected chi connectivity index (χ3v) is 4.88. The molecule has 164 valence electrons. The predicted octanol–water partition coefficient (Wildman–Crippen LogP) is 3.21. The monoisotopic (exact) mass is 413 g/mol. The molecule has 3 N–H and O–H groups in total. The van der Waals surface area contributed by atoms with Crippen LogP contribution in [0.3, 0.4) is 0 Å². The Labute approximate surface area is 180 Å². The van der Waals surface area contributed by atoms with Crippen molar-refractivity contribution in [1.29, 1.82) is 5.41 Å². The minimum absolute atomic E-state index is 0.501. The van der Waals surface area contributed by atoms with Crippen LogP contribution >= 0.6 is 0 Å². The molecule has 1 aromatic heterocycles. The molecule has 0 saturated carbocycles.